The molecule has 1 aliphatic heterocycles. The van der Waals surface area contributed by atoms with Crippen LogP contribution in [0.4, 0.5) is 0 Å². The highest BCUT2D eigenvalue weighted by atomic mass is 16.3. The Morgan fingerprint density at radius 3 is 1.96 bits per heavy atom. The van der Waals surface area contributed by atoms with Crippen LogP contribution >= 0.6 is 0 Å². The van der Waals surface area contributed by atoms with Crippen molar-refractivity contribution in [1.29, 1.82) is 0 Å². The van der Waals surface area contributed by atoms with Crippen molar-refractivity contribution in [1.82, 2.24) is 9.47 Å². The number of piperidine rings is 1. The molecule has 4 rings (SSSR count). The summed E-state index contributed by atoms with van der Waals surface area (Å²) < 4.78 is 2.28. The van der Waals surface area contributed by atoms with E-state index in [-0.39, 0.29) is 6.10 Å². The fraction of sp³-hybridized carbons (Fsp3) is 0.400. The van der Waals surface area contributed by atoms with Crippen molar-refractivity contribution in [2.45, 2.75) is 31.9 Å². The number of benzene rings is 2. The standard InChI is InChI=1S/C20H24N2O/c23-16(14-21-12-6-1-7-13-21)15-22-19-10-4-2-8-17(19)18-9-3-5-11-20(18)22/h2-5,8-11,16,23H,1,6-7,12-15H2/t16-/m0/s1. The first-order chi connectivity index (χ1) is 11.3. The molecule has 1 aliphatic rings. The first-order valence-electron chi connectivity index (χ1n) is 8.69. The quantitative estimate of drug-likeness (QED) is 0.797. The smallest absolute Gasteiger partial charge is 0.0845 e. The highest BCUT2D eigenvalue weighted by Gasteiger charge is 2.17. The van der Waals surface area contributed by atoms with Gasteiger partial charge in [-0.15, -0.1) is 0 Å². The van der Waals surface area contributed by atoms with Gasteiger partial charge < -0.3 is 14.6 Å². The SMILES string of the molecule is O[C@@H](CN1CCCCC1)Cn1c2ccccc2c2ccccc21. The third-order valence-electron chi connectivity index (χ3n) is 4.99. The number of rotatable bonds is 4. The van der Waals surface area contributed by atoms with Gasteiger partial charge >= 0.3 is 0 Å². The van der Waals surface area contributed by atoms with Gasteiger partial charge in [-0.1, -0.05) is 42.8 Å². The molecule has 0 radical (unpaired) electrons. The van der Waals surface area contributed by atoms with Crippen molar-refractivity contribution in [3.8, 4) is 0 Å². The van der Waals surface area contributed by atoms with Gasteiger partial charge in [-0.05, 0) is 38.1 Å². The predicted octanol–water partition coefficient (Wildman–Crippen LogP) is 3.64. The second kappa shape index (κ2) is 6.34. The van der Waals surface area contributed by atoms with E-state index in [1.165, 1.54) is 41.1 Å². The fourth-order valence-corrected chi connectivity index (χ4v) is 3.91. The first-order valence-corrected chi connectivity index (χ1v) is 8.69. The third kappa shape index (κ3) is 2.87. The molecule has 2 heterocycles. The Balaban J connectivity index is 1.64. The summed E-state index contributed by atoms with van der Waals surface area (Å²) in [5.41, 5.74) is 2.43. The van der Waals surface area contributed by atoms with E-state index < -0.39 is 0 Å². The summed E-state index contributed by atoms with van der Waals surface area (Å²) in [7, 11) is 0. The van der Waals surface area contributed by atoms with Crippen LogP contribution in [0.3, 0.4) is 0 Å². The summed E-state index contributed by atoms with van der Waals surface area (Å²) in [6.07, 6.45) is 3.54. The largest absolute Gasteiger partial charge is 0.390 e. The van der Waals surface area contributed by atoms with Gasteiger partial charge in [0.15, 0.2) is 0 Å². The van der Waals surface area contributed by atoms with E-state index >= 15 is 0 Å². The van der Waals surface area contributed by atoms with Gasteiger partial charge in [0, 0.05) is 28.4 Å². The highest BCUT2D eigenvalue weighted by molar-refractivity contribution is 6.07. The Morgan fingerprint density at radius 2 is 1.35 bits per heavy atom. The van der Waals surface area contributed by atoms with Crippen molar-refractivity contribution < 1.29 is 5.11 Å². The highest BCUT2D eigenvalue weighted by Crippen LogP contribution is 2.28. The number of hydrogen-bond acceptors (Lipinski definition) is 2. The van der Waals surface area contributed by atoms with Crippen molar-refractivity contribution in [2.75, 3.05) is 19.6 Å². The molecule has 23 heavy (non-hydrogen) atoms. The zero-order valence-electron chi connectivity index (χ0n) is 13.5. The van der Waals surface area contributed by atoms with Crippen molar-refractivity contribution >= 4 is 21.8 Å². The van der Waals surface area contributed by atoms with Crippen LogP contribution in [0.5, 0.6) is 0 Å². The molecule has 1 fully saturated rings. The van der Waals surface area contributed by atoms with Crippen LogP contribution in [-0.4, -0.2) is 40.3 Å². The van der Waals surface area contributed by atoms with Crippen LogP contribution < -0.4 is 0 Å². The Morgan fingerprint density at radius 1 is 0.783 bits per heavy atom. The van der Waals surface area contributed by atoms with Crippen LogP contribution in [0.15, 0.2) is 48.5 Å². The van der Waals surface area contributed by atoms with Gasteiger partial charge in [0.1, 0.15) is 0 Å². The van der Waals surface area contributed by atoms with E-state index in [1.807, 2.05) is 0 Å². The van der Waals surface area contributed by atoms with Crippen LogP contribution in [0.25, 0.3) is 21.8 Å². The maximum atomic E-state index is 10.6. The number of para-hydroxylation sites is 2. The van der Waals surface area contributed by atoms with Crippen molar-refractivity contribution in [3.05, 3.63) is 48.5 Å². The molecule has 0 amide bonds. The molecule has 3 heteroatoms. The third-order valence-corrected chi connectivity index (χ3v) is 4.99. The molecule has 1 aromatic heterocycles. The number of aliphatic hydroxyl groups excluding tert-OH is 1. The number of hydrogen-bond donors (Lipinski definition) is 1. The molecular formula is C20H24N2O. The average molecular weight is 308 g/mol. The van der Waals surface area contributed by atoms with E-state index in [2.05, 4.69) is 58.0 Å². The van der Waals surface area contributed by atoms with Gasteiger partial charge in [-0.25, -0.2) is 0 Å². The zero-order chi connectivity index (χ0) is 15.6. The van der Waals surface area contributed by atoms with Crippen LogP contribution in [0.1, 0.15) is 19.3 Å². The predicted molar refractivity (Wildman–Crippen MR) is 95.7 cm³/mol. The first kappa shape index (κ1) is 14.7. The zero-order valence-corrected chi connectivity index (χ0v) is 13.5. The Kier molecular flexibility index (Phi) is 4.06. The normalized spacial score (nSPS) is 17.8. The number of likely N-dealkylation sites (tertiary alicyclic amines) is 1. The molecule has 0 saturated carbocycles. The molecular weight excluding hydrogens is 284 g/mol. The second-order valence-electron chi connectivity index (χ2n) is 6.66. The van der Waals surface area contributed by atoms with E-state index in [0.717, 1.165) is 19.6 Å². The molecule has 120 valence electrons. The average Bonchev–Trinajstić information content (AvgIpc) is 2.90. The Hall–Kier alpha value is -1.84. The molecule has 0 bridgehead atoms. The Labute approximate surface area is 137 Å². The summed E-state index contributed by atoms with van der Waals surface area (Å²) >= 11 is 0. The summed E-state index contributed by atoms with van der Waals surface area (Å²) in [5.74, 6) is 0. The van der Waals surface area contributed by atoms with E-state index in [0.29, 0.717) is 6.54 Å². The minimum Gasteiger partial charge on any atom is -0.390 e. The molecule has 1 atom stereocenters. The number of fused-ring (bicyclic) bond motifs is 3. The topological polar surface area (TPSA) is 28.4 Å². The molecule has 0 aliphatic carbocycles. The lowest BCUT2D eigenvalue weighted by Gasteiger charge is -2.28. The number of aromatic nitrogens is 1. The number of nitrogens with zero attached hydrogens (tertiary/aromatic N) is 2. The molecule has 0 unspecified atom stereocenters. The summed E-state index contributed by atoms with van der Waals surface area (Å²) in [6, 6.07) is 17.0. The van der Waals surface area contributed by atoms with Gasteiger partial charge in [0.2, 0.25) is 0 Å². The minimum absolute atomic E-state index is 0.327. The van der Waals surface area contributed by atoms with Gasteiger partial charge in [-0.3, -0.25) is 0 Å². The lowest BCUT2D eigenvalue weighted by Crippen LogP contribution is -2.38. The minimum atomic E-state index is -0.327. The second-order valence-corrected chi connectivity index (χ2v) is 6.66. The van der Waals surface area contributed by atoms with Crippen molar-refractivity contribution in [3.63, 3.8) is 0 Å². The molecule has 0 spiro atoms. The van der Waals surface area contributed by atoms with Gasteiger partial charge in [0.25, 0.3) is 0 Å². The fourth-order valence-electron chi connectivity index (χ4n) is 3.91. The summed E-state index contributed by atoms with van der Waals surface area (Å²) in [5, 5.41) is 13.2. The molecule has 3 aromatic rings. The van der Waals surface area contributed by atoms with E-state index in [4.69, 9.17) is 0 Å². The molecule has 3 nitrogen and oxygen atoms in total. The van der Waals surface area contributed by atoms with Crippen LogP contribution in [0.2, 0.25) is 0 Å². The monoisotopic (exact) mass is 308 g/mol. The number of aliphatic hydroxyl groups is 1. The maximum absolute atomic E-state index is 10.6. The maximum Gasteiger partial charge on any atom is 0.0845 e. The molecule has 1 N–H and O–H groups in total. The number of β-amino-alcohol motifs (C(OH)–C–C–N with tert-alkyl or cyclic N) is 1. The molecule has 1 saturated heterocycles. The lowest BCUT2D eigenvalue weighted by molar-refractivity contribution is 0.0901. The Bertz CT molecular complexity index is 748. The van der Waals surface area contributed by atoms with Crippen molar-refractivity contribution in [2.24, 2.45) is 0 Å². The summed E-state index contributed by atoms with van der Waals surface area (Å²) in [6.45, 7) is 3.69. The van der Waals surface area contributed by atoms with Gasteiger partial charge in [-0.2, -0.15) is 0 Å². The van der Waals surface area contributed by atoms with E-state index in [1.54, 1.807) is 0 Å². The van der Waals surface area contributed by atoms with Crippen LogP contribution in [-0.2, 0) is 6.54 Å². The molecule has 2 aromatic carbocycles. The van der Waals surface area contributed by atoms with Crippen LogP contribution in [0, 0.1) is 0 Å². The van der Waals surface area contributed by atoms with Gasteiger partial charge in [0.05, 0.1) is 12.6 Å². The van der Waals surface area contributed by atoms with E-state index in [9.17, 15) is 5.11 Å². The summed E-state index contributed by atoms with van der Waals surface area (Å²) in [4.78, 5) is 2.40. The lowest BCUT2D eigenvalue weighted by atomic mass is 10.1.